The molecule has 4 aromatic carbocycles. The summed E-state index contributed by atoms with van der Waals surface area (Å²) < 4.78 is 0. The molecule has 0 spiro atoms. The van der Waals surface area contributed by atoms with Gasteiger partial charge in [0, 0.05) is 0 Å². The van der Waals surface area contributed by atoms with Gasteiger partial charge in [-0.2, -0.15) is 0 Å². The van der Waals surface area contributed by atoms with Crippen LogP contribution in [0.3, 0.4) is 0 Å². The highest BCUT2D eigenvalue weighted by Gasteiger charge is 2.37. The highest BCUT2D eigenvalue weighted by atomic mass is 28.3. The van der Waals surface area contributed by atoms with E-state index < -0.39 is 8.07 Å². The van der Waals surface area contributed by atoms with E-state index in [1.54, 1.807) is 0 Å². The molecule has 0 amide bonds. The van der Waals surface area contributed by atoms with E-state index in [1.165, 1.54) is 21.1 Å². The second kappa shape index (κ2) is 8.03. The molecular formula is C26H21Si. The molecule has 0 saturated carbocycles. The van der Waals surface area contributed by atoms with Crippen LogP contribution in [0.5, 0.6) is 0 Å². The fourth-order valence-corrected chi connectivity index (χ4v) is 7.52. The van der Waals surface area contributed by atoms with Gasteiger partial charge in [-0.3, -0.25) is 0 Å². The van der Waals surface area contributed by atoms with E-state index in [0.717, 1.165) is 0 Å². The molecule has 0 atom stereocenters. The Morgan fingerprint density at radius 2 is 0.778 bits per heavy atom. The highest BCUT2D eigenvalue weighted by molar-refractivity contribution is 7.13. The van der Waals surface area contributed by atoms with Gasteiger partial charge in [0.15, 0.2) is 8.07 Å². The van der Waals surface area contributed by atoms with Crippen molar-refractivity contribution in [2.75, 3.05) is 0 Å². The molecule has 0 aromatic heterocycles. The average Bonchev–Trinajstić information content (AvgIpc) is 2.77. The summed E-state index contributed by atoms with van der Waals surface area (Å²) >= 11 is 0. The van der Waals surface area contributed by atoms with Gasteiger partial charge in [-0.1, -0.05) is 127 Å². The molecular weight excluding hydrogens is 340 g/mol. The summed E-state index contributed by atoms with van der Waals surface area (Å²) in [5.41, 5.74) is 5.09. The Morgan fingerprint density at radius 3 is 1.15 bits per heavy atom. The lowest BCUT2D eigenvalue weighted by Gasteiger charge is -2.30. The van der Waals surface area contributed by atoms with Gasteiger partial charge in [0.1, 0.15) is 0 Å². The molecule has 0 bridgehead atoms. The minimum Gasteiger partial charge on any atom is -0.0623 e. The van der Waals surface area contributed by atoms with E-state index in [1.807, 2.05) is 6.07 Å². The van der Waals surface area contributed by atoms with Crippen LogP contribution in [0.1, 0.15) is 5.56 Å². The van der Waals surface area contributed by atoms with Crippen molar-refractivity contribution >= 4 is 29.7 Å². The topological polar surface area (TPSA) is 0 Å². The second-order valence-corrected chi connectivity index (χ2v) is 10.1. The zero-order valence-electron chi connectivity index (χ0n) is 15.1. The number of benzene rings is 4. The van der Waals surface area contributed by atoms with Crippen molar-refractivity contribution in [3.05, 3.63) is 133 Å². The zero-order chi connectivity index (χ0) is 18.4. The predicted octanol–water partition coefficient (Wildman–Crippen LogP) is 4.21. The Balaban J connectivity index is 1.99. The van der Waals surface area contributed by atoms with Gasteiger partial charge in [0.2, 0.25) is 0 Å². The molecule has 0 aliphatic heterocycles. The molecule has 0 aliphatic rings. The molecule has 27 heavy (non-hydrogen) atoms. The summed E-state index contributed by atoms with van der Waals surface area (Å²) in [6.07, 6.45) is 2.17. The SMILES string of the molecule is [C](=Cc1ccccc1)[Si](c1ccccc1)(c1ccccc1)c1ccccc1. The van der Waals surface area contributed by atoms with Crippen LogP contribution in [0.4, 0.5) is 0 Å². The molecule has 4 rings (SSSR count). The molecule has 0 N–H and O–H groups in total. The van der Waals surface area contributed by atoms with Crippen LogP contribution in [0.2, 0.25) is 0 Å². The Bertz CT molecular complexity index is 894. The fraction of sp³-hybridized carbons (Fsp3) is 0. The summed E-state index contributed by atoms with van der Waals surface area (Å²) in [5, 5.41) is 4.03. The van der Waals surface area contributed by atoms with E-state index in [4.69, 9.17) is 0 Å². The fourth-order valence-electron chi connectivity index (χ4n) is 3.56. The standard InChI is InChI=1S/C26H21Si/c1-5-13-23(14-6-1)21-22-27(24-15-7-2-8-16-24,25-17-9-3-10-18-25)26-19-11-4-12-20-26/h1-21H. The van der Waals surface area contributed by atoms with Gasteiger partial charge in [0.25, 0.3) is 0 Å². The van der Waals surface area contributed by atoms with E-state index in [2.05, 4.69) is 127 Å². The Labute approximate surface area is 162 Å². The first-order valence-corrected chi connectivity index (χ1v) is 11.2. The number of hydrogen-bond acceptors (Lipinski definition) is 0. The lowest BCUT2D eigenvalue weighted by atomic mass is 10.2. The molecule has 0 aliphatic carbocycles. The number of hydrogen-bond donors (Lipinski definition) is 0. The Morgan fingerprint density at radius 1 is 0.444 bits per heavy atom. The van der Waals surface area contributed by atoms with Gasteiger partial charge in [0.05, 0.1) is 0 Å². The monoisotopic (exact) mass is 361 g/mol. The first kappa shape index (κ1) is 17.3. The molecule has 0 heterocycles. The van der Waals surface area contributed by atoms with Crippen LogP contribution in [-0.2, 0) is 0 Å². The molecule has 129 valence electrons. The Hall–Kier alpha value is -3.16. The van der Waals surface area contributed by atoms with Gasteiger partial charge >= 0.3 is 0 Å². The third-order valence-corrected chi connectivity index (χ3v) is 9.05. The average molecular weight is 362 g/mol. The van der Waals surface area contributed by atoms with Crippen LogP contribution < -0.4 is 15.6 Å². The van der Waals surface area contributed by atoms with Crippen LogP contribution in [0, 0.1) is 5.70 Å². The molecule has 0 unspecified atom stereocenters. The first-order valence-electron chi connectivity index (χ1n) is 9.22. The van der Waals surface area contributed by atoms with Crippen molar-refractivity contribution in [3.8, 4) is 0 Å². The highest BCUT2D eigenvalue weighted by Crippen LogP contribution is 2.11. The van der Waals surface area contributed by atoms with Crippen molar-refractivity contribution in [3.63, 3.8) is 0 Å². The summed E-state index contributed by atoms with van der Waals surface area (Å²) in [7, 11) is -2.41. The first-order chi connectivity index (χ1) is 13.4. The van der Waals surface area contributed by atoms with Crippen molar-refractivity contribution < 1.29 is 0 Å². The van der Waals surface area contributed by atoms with Crippen molar-refractivity contribution in [2.45, 2.75) is 0 Å². The van der Waals surface area contributed by atoms with Gasteiger partial charge < -0.3 is 0 Å². The minimum atomic E-state index is -2.41. The molecule has 4 aromatic rings. The third-order valence-electron chi connectivity index (χ3n) is 4.88. The third kappa shape index (κ3) is 3.55. The van der Waals surface area contributed by atoms with Gasteiger partial charge in [-0.15, -0.1) is 0 Å². The summed E-state index contributed by atoms with van der Waals surface area (Å²) in [6, 6.07) is 43.0. The predicted molar refractivity (Wildman–Crippen MR) is 118 cm³/mol. The maximum Gasteiger partial charge on any atom is 0.179 e. The number of rotatable bonds is 5. The van der Waals surface area contributed by atoms with Crippen LogP contribution in [0.25, 0.3) is 6.08 Å². The van der Waals surface area contributed by atoms with Crippen LogP contribution in [-0.4, -0.2) is 8.07 Å². The summed E-state index contributed by atoms with van der Waals surface area (Å²) in [6.45, 7) is 0. The van der Waals surface area contributed by atoms with E-state index in [9.17, 15) is 0 Å². The maximum absolute atomic E-state index is 3.91. The largest absolute Gasteiger partial charge is 0.179 e. The summed E-state index contributed by atoms with van der Waals surface area (Å²) in [4.78, 5) is 0. The van der Waals surface area contributed by atoms with E-state index >= 15 is 0 Å². The lowest BCUT2D eigenvalue weighted by molar-refractivity contribution is 1.65. The minimum absolute atomic E-state index is 1.18. The molecule has 0 fully saturated rings. The lowest BCUT2D eigenvalue weighted by Crippen LogP contribution is -2.66. The van der Waals surface area contributed by atoms with Gasteiger partial charge in [-0.25, -0.2) is 0 Å². The second-order valence-electron chi connectivity index (χ2n) is 6.55. The molecule has 1 heteroatoms. The quantitative estimate of drug-likeness (QED) is 0.369. The normalized spacial score (nSPS) is 11.6. The van der Waals surface area contributed by atoms with E-state index in [-0.39, 0.29) is 0 Å². The molecule has 0 saturated heterocycles. The summed E-state index contributed by atoms with van der Waals surface area (Å²) in [5.74, 6) is 0. The zero-order valence-corrected chi connectivity index (χ0v) is 16.1. The maximum atomic E-state index is 3.91. The molecule has 0 nitrogen and oxygen atoms in total. The van der Waals surface area contributed by atoms with E-state index in [0.29, 0.717) is 0 Å². The van der Waals surface area contributed by atoms with Gasteiger partial charge in [-0.05, 0) is 26.8 Å². The van der Waals surface area contributed by atoms with Crippen LogP contribution >= 0.6 is 0 Å². The van der Waals surface area contributed by atoms with Crippen molar-refractivity contribution in [1.82, 2.24) is 0 Å². The van der Waals surface area contributed by atoms with Crippen LogP contribution in [0.15, 0.2) is 121 Å². The van der Waals surface area contributed by atoms with Crippen molar-refractivity contribution in [1.29, 1.82) is 0 Å². The smallest absolute Gasteiger partial charge is 0.0623 e. The van der Waals surface area contributed by atoms with Crippen molar-refractivity contribution in [2.24, 2.45) is 0 Å². The molecule has 1 radical (unpaired) electrons. The Kier molecular flexibility index (Phi) is 5.13.